The van der Waals surface area contributed by atoms with Gasteiger partial charge in [0, 0.05) is 24.7 Å². The summed E-state index contributed by atoms with van der Waals surface area (Å²) in [5.74, 6) is 0. The van der Waals surface area contributed by atoms with E-state index in [0.717, 1.165) is 18.1 Å². The van der Waals surface area contributed by atoms with E-state index in [1.807, 2.05) is 12.1 Å². The molecule has 16 heavy (non-hydrogen) atoms. The third-order valence-corrected chi connectivity index (χ3v) is 3.30. The van der Waals surface area contributed by atoms with Crippen LogP contribution in [0, 0.1) is 0 Å². The second-order valence-electron chi connectivity index (χ2n) is 4.35. The molecule has 1 saturated heterocycles. The minimum atomic E-state index is 0.806. The molecule has 1 aliphatic heterocycles. The quantitative estimate of drug-likeness (QED) is 0.794. The zero-order valence-corrected chi connectivity index (χ0v) is 10.3. The zero-order valence-electron chi connectivity index (χ0n) is 9.58. The molecule has 0 atom stereocenters. The first-order chi connectivity index (χ1) is 7.84. The van der Waals surface area contributed by atoms with Gasteiger partial charge in [-0.2, -0.15) is 0 Å². The number of nitrogens with zero attached hydrogens (tertiary/aromatic N) is 1. The summed E-state index contributed by atoms with van der Waals surface area (Å²) in [6.07, 6.45) is 2.74. The molecule has 0 aliphatic carbocycles. The van der Waals surface area contributed by atoms with Crippen LogP contribution in [0.4, 0.5) is 0 Å². The molecule has 0 aromatic heterocycles. The molecule has 1 aromatic rings. The van der Waals surface area contributed by atoms with Crippen molar-refractivity contribution in [2.45, 2.75) is 19.4 Å². The van der Waals surface area contributed by atoms with Gasteiger partial charge in [-0.25, -0.2) is 0 Å². The SMILES string of the molecule is Clc1ccc(CNCCN2CCCC2)cc1. The van der Waals surface area contributed by atoms with Gasteiger partial charge in [0.2, 0.25) is 0 Å². The van der Waals surface area contributed by atoms with Crippen LogP contribution in [-0.2, 0) is 6.54 Å². The van der Waals surface area contributed by atoms with E-state index in [1.165, 1.54) is 38.0 Å². The van der Waals surface area contributed by atoms with Crippen LogP contribution in [0.25, 0.3) is 0 Å². The van der Waals surface area contributed by atoms with Gasteiger partial charge >= 0.3 is 0 Å². The molecule has 0 amide bonds. The van der Waals surface area contributed by atoms with Crippen LogP contribution in [-0.4, -0.2) is 31.1 Å². The van der Waals surface area contributed by atoms with Gasteiger partial charge in [-0.15, -0.1) is 0 Å². The Hall–Kier alpha value is -0.570. The van der Waals surface area contributed by atoms with Crippen LogP contribution in [0.2, 0.25) is 5.02 Å². The van der Waals surface area contributed by atoms with Crippen LogP contribution >= 0.6 is 11.6 Å². The smallest absolute Gasteiger partial charge is 0.0406 e. The van der Waals surface area contributed by atoms with Gasteiger partial charge in [0.05, 0.1) is 0 Å². The molecule has 88 valence electrons. The summed E-state index contributed by atoms with van der Waals surface area (Å²) in [6, 6.07) is 8.04. The monoisotopic (exact) mass is 238 g/mol. The Kier molecular flexibility index (Phi) is 4.64. The number of hydrogen-bond donors (Lipinski definition) is 1. The highest BCUT2D eigenvalue weighted by atomic mass is 35.5. The second-order valence-corrected chi connectivity index (χ2v) is 4.79. The van der Waals surface area contributed by atoms with Gasteiger partial charge < -0.3 is 10.2 Å². The Bertz CT molecular complexity index is 304. The van der Waals surface area contributed by atoms with E-state index in [0.29, 0.717) is 0 Å². The molecule has 0 bridgehead atoms. The van der Waals surface area contributed by atoms with Crippen molar-refractivity contribution in [3.8, 4) is 0 Å². The van der Waals surface area contributed by atoms with Gasteiger partial charge in [0.15, 0.2) is 0 Å². The number of halogens is 1. The van der Waals surface area contributed by atoms with Crippen LogP contribution in [0.3, 0.4) is 0 Å². The molecule has 3 heteroatoms. The maximum Gasteiger partial charge on any atom is 0.0406 e. The third kappa shape index (κ3) is 3.78. The van der Waals surface area contributed by atoms with Crippen molar-refractivity contribution in [2.24, 2.45) is 0 Å². The Labute approximate surface area is 103 Å². The number of benzene rings is 1. The molecule has 0 saturated carbocycles. The molecular formula is C13H19ClN2. The molecule has 0 unspecified atom stereocenters. The van der Waals surface area contributed by atoms with E-state index in [4.69, 9.17) is 11.6 Å². The minimum Gasteiger partial charge on any atom is -0.311 e. The molecule has 1 N–H and O–H groups in total. The summed E-state index contributed by atoms with van der Waals surface area (Å²) in [5, 5.41) is 4.27. The van der Waals surface area contributed by atoms with Crippen molar-refractivity contribution in [1.82, 2.24) is 10.2 Å². The molecule has 0 radical (unpaired) electrons. The third-order valence-electron chi connectivity index (χ3n) is 3.05. The van der Waals surface area contributed by atoms with E-state index in [1.54, 1.807) is 0 Å². The lowest BCUT2D eigenvalue weighted by Crippen LogP contribution is -2.29. The summed E-state index contributed by atoms with van der Waals surface area (Å²) in [4.78, 5) is 2.52. The maximum atomic E-state index is 5.83. The van der Waals surface area contributed by atoms with Gasteiger partial charge in [-0.05, 0) is 43.6 Å². The van der Waals surface area contributed by atoms with Crippen molar-refractivity contribution >= 4 is 11.6 Å². The predicted molar refractivity (Wildman–Crippen MR) is 68.8 cm³/mol. The fourth-order valence-corrected chi connectivity index (χ4v) is 2.20. The van der Waals surface area contributed by atoms with Crippen molar-refractivity contribution in [3.63, 3.8) is 0 Å². The van der Waals surface area contributed by atoms with E-state index >= 15 is 0 Å². The van der Waals surface area contributed by atoms with Crippen LogP contribution in [0.1, 0.15) is 18.4 Å². The minimum absolute atomic E-state index is 0.806. The Balaban J connectivity index is 1.62. The number of nitrogens with one attached hydrogen (secondary N) is 1. The predicted octanol–water partition coefficient (Wildman–Crippen LogP) is 2.53. The van der Waals surface area contributed by atoms with E-state index in [9.17, 15) is 0 Å². The van der Waals surface area contributed by atoms with Crippen LogP contribution in [0.5, 0.6) is 0 Å². The molecular weight excluding hydrogens is 220 g/mol. The average molecular weight is 239 g/mol. The number of rotatable bonds is 5. The first-order valence-electron chi connectivity index (χ1n) is 6.02. The van der Waals surface area contributed by atoms with Gasteiger partial charge in [0.1, 0.15) is 0 Å². The number of hydrogen-bond acceptors (Lipinski definition) is 2. The second kappa shape index (κ2) is 6.24. The Morgan fingerprint density at radius 1 is 1.12 bits per heavy atom. The lowest BCUT2D eigenvalue weighted by Gasteiger charge is -2.14. The van der Waals surface area contributed by atoms with Gasteiger partial charge in [0.25, 0.3) is 0 Å². The highest BCUT2D eigenvalue weighted by molar-refractivity contribution is 6.30. The Morgan fingerprint density at radius 3 is 2.50 bits per heavy atom. The maximum absolute atomic E-state index is 5.83. The van der Waals surface area contributed by atoms with Crippen LogP contribution in [0.15, 0.2) is 24.3 Å². The summed E-state index contributed by atoms with van der Waals surface area (Å²) in [5.41, 5.74) is 1.30. The summed E-state index contributed by atoms with van der Waals surface area (Å²) in [6.45, 7) is 5.74. The molecule has 1 aromatic carbocycles. The van der Waals surface area contributed by atoms with Crippen molar-refractivity contribution < 1.29 is 0 Å². The topological polar surface area (TPSA) is 15.3 Å². The lowest BCUT2D eigenvalue weighted by atomic mass is 10.2. The standard InChI is InChI=1S/C13H19ClN2/c14-13-5-3-12(4-6-13)11-15-7-10-16-8-1-2-9-16/h3-6,15H,1-2,7-11H2. The lowest BCUT2D eigenvalue weighted by molar-refractivity contribution is 0.335. The van der Waals surface area contributed by atoms with Crippen molar-refractivity contribution in [2.75, 3.05) is 26.2 Å². The zero-order chi connectivity index (χ0) is 11.2. The molecule has 1 heterocycles. The normalized spacial score (nSPS) is 16.8. The van der Waals surface area contributed by atoms with E-state index in [-0.39, 0.29) is 0 Å². The molecule has 1 aliphatic rings. The summed E-state index contributed by atoms with van der Waals surface area (Å²) in [7, 11) is 0. The summed E-state index contributed by atoms with van der Waals surface area (Å²) >= 11 is 5.83. The highest BCUT2D eigenvalue weighted by Crippen LogP contribution is 2.09. The first-order valence-corrected chi connectivity index (χ1v) is 6.40. The van der Waals surface area contributed by atoms with Gasteiger partial charge in [-0.3, -0.25) is 0 Å². The van der Waals surface area contributed by atoms with E-state index < -0.39 is 0 Å². The summed E-state index contributed by atoms with van der Waals surface area (Å²) < 4.78 is 0. The Morgan fingerprint density at radius 2 is 1.81 bits per heavy atom. The molecule has 2 nitrogen and oxygen atoms in total. The number of likely N-dealkylation sites (tertiary alicyclic amines) is 1. The fraction of sp³-hybridized carbons (Fsp3) is 0.538. The molecule has 2 rings (SSSR count). The van der Waals surface area contributed by atoms with Crippen molar-refractivity contribution in [1.29, 1.82) is 0 Å². The molecule has 1 fully saturated rings. The average Bonchev–Trinajstić information content (AvgIpc) is 2.80. The van der Waals surface area contributed by atoms with E-state index in [2.05, 4.69) is 22.3 Å². The first kappa shape index (κ1) is 11.9. The van der Waals surface area contributed by atoms with Crippen LogP contribution < -0.4 is 5.32 Å². The molecule has 0 spiro atoms. The van der Waals surface area contributed by atoms with Crippen molar-refractivity contribution in [3.05, 3.63) is 34.9 Å². The largest absolute Gasteiger partial charge is 0.311 e. The highest BCUT2D eigenvalue weighted by Gasteiger charge is 2.09. The fourth-order valence-electron chi connectivity index (χ4n) is 2.08. The van der Waals surface area contributed by atoms with Gasteiger partial charge in [-0.1, -0.05) is 23.7 Å².